The SMILES string of the molecule is CC(C)c1ccc(C(=O)NCCCc2n[nH]c(=O)[nH]2)cc1. The van der Waals surface area contributed by atoms with Gasteiger partial charge in [0.1, 0.15) is 5.82 Å². The maximum absolute atomic E-state index is 12.0. The highest BCUT2D eigenvalue weighted by molar-refractivity contribution is 5.94. The van der Waals surface area contributed by atoms with Crippen LogP contribution in [0.3, 0.4) is 0 Å². The fraction of sp³-hybridized carbons (Fsp3) is 0.400. The first kappa shape index (κ1) is 15.0. The number of aryl methyl sites for hydroxylation is 1. The Morgan fingerprint density at radius 1 is 1.29 bits per heavy atom. The molecule has 0 saturated heterocycles. The molecule has 21 heavy (non-hydrogen) atoms. The quantitative estimate of drug-likeness (QED) is 0.705. The molecular weight excluding hydrogens is 268 g/mol. The van der Waals surface area contributed by atoms with Crippen molar-refractivity contribution in [1.29, 1.82) is 0 Å². The van der Waals surface area contributed by atoms with E-state index in [1.54, 1.807) is 0 Å². The Hall–Kier alpha value is -2.37. The topological polar surface area (TPSA) is 90.6 Å². The number of carbonyl (C=O) groups excluding carboxylic acids is 1. The largest absolute Gasteiger partial charge is 0.352 e. The monoisotopic (exact) mass is 288 g/mol. The third kappa shape index (κ3) is 4.30. The van der Waals surface area contributed by atoms with E-state index < -0.39 is 0 Å². The highest BCUT2D eigenvalue weighted by atomic mass is 16.2. The molecule has 1 heterocycles. The first-order valence-electron chi connectivity index (χ1n) is 7.08. The fourth-order valence-corrected chi connectivity index (χ4v) is 2.00. The first-order valence-corrected chi connectivity index (χ1v) is 7.08. The van der Waals surface area contributed by atoms with Crippen molar-refractivity contribution < 1.29 is 4.79 Å². The summed E-state index contributed by atoms with van der Waals surface area (Å²) in [5.74, 6) is 0.981. The summed E-state index contributed by atoms with van der Waals surface area (Å²) in [6.45, 7) is 4.78. The van der Waals surface area contributed by atoms with E-state index in [-0.39, 0.29) is 11.6 Å². The molecule has 0 atom stereocenters. The van der Waals surface area contributed by atoms with Gasteiger partial charge in [0.15, 0.2) is 0 Å². The van der Waals surface area contributed by atoms with Crippen LogP contribution in [0.5, 0.6) is 0 Å². The molecular formula is C15H20N4O2. The van der Waals surface area contributed by atoms with E-state index in [1.165, 1.54) is 5.56 Å². The second-order valence-corrected chi connectivity index (χ2v) is 5.26. The second-order valence-electron chi connectivity index (χ2n) is 5.26. The Morgan fingerprint density at radius 2 is 2.00 bits per heavy atom. The highest BCUT2D eigenvalue weighted by Gasteiger charge is 2.06. The van der Waals surface area contributed by atoms with E-state index in [0.29, 0.717) is 30.3 Å². The van der Waals surface area contributed by atoms with E-state index in [4.69, 9.17) is 0 Å². The lowest BCUT2D eigenvalue weighted by atomic mass is 10.0. The first-order chi connectivity index (χ1) is 10.1. The maximum atomic E-state index is 12.0. The standard InChI is InChI=1S/C15H20N4O2/c1-10(2)11-5-7-12(8-6-11)14(20)16-9-3-4-13-17-15(21)19-18-13/h5-8,10H,3-4,9H2,1-2H3,(H,16,20)(H2,17,18,19,21). The molecule has 0 radical (unpaired) electrons. The van der Waals surface area contributed by atoms with Crippen LogP contribution in [0.4, 0.5) is 0 Å². The lowest BCUT2D eigenvalue weighted by Crippen LogP contribution is -2.24. The Balaban J connectivity index is 1.77. The molecule has 1 amide bonds. The minimum Gasteiger partial charge on any atom is -0.352 e. The third-order valence-corrected chi connectivity index (χ3v) is 3.27. The van der Waals surface area contributed by atoms with Crippen molar-refractivity contribution in [3.63, 3.8) is 0 Å². The average molecular weight is 288 g/mol. The highest BCUT2D eigenvalue weighted by Crippen LogP contribution is 2.14. The lowest BCUT2D eigenvalue weighted by molar-refractivity contribution is 0.0953. The van der Waals surface area contributed by atoms with Gasteiger partial charge in [0.25, 0.3) is 5.91 Å². The van der Waals surface area contributed by atoms with Crippen LogP contribution >= 0.6 is 0 Å². The van der Waals surface area contributed by atoms with Crippen LogP contribution in [-0.2, 0) is 6.42 Å². The van der Waals surface area contributed by atoms with Crippen molar-refractivity contribution >= 4 is 5.91 Å². The second kappa shape index (κ2) is 6.88. The van der Waals surface area contributed by atoms with Gasteiger partial charge in [0.2, 0.25) is 0 Å². The summed E-state index contributed by atoms with van der Waals surface area (Å²) in [5, 5.41) is 8.98. The molecule has 3 N–H and O–H groups in total. The van der Waals surface area contributed by atoms with Gasteiger partial charge in [-0.05, 0) is 30.0 Å². The van der Waals surface area contributed by atoms with Crippen LogP contribution in [-0.4, -0.2) is 27.6 Å². The number of hydrogen-bond donors (Lipinski definition) is 3. The maximum Gasteiger partial charge on any atom is 0.340 e. The molecule has 0 saturated carbocycles. The number of amides is 1. The number of aromatic nitrogens is 3. The summed E-state index contributed by atoms with van der Waals surface area (Å²) < 4.78 is 0. The predicted octanol–water partition coefficient (Wildman–Crippen LogP) is 1.58. The minimum absolute atomic E-state index is 0.0826. The molecule has 0 unspecified atom stereocenters. The molecule has 0 aliphatic carbocycles. The summed E-state index contributed by atoms with van der Waals surface area (Å²) in [4.78, 5) is 25.4. The van der Waals surface area contributed by atoms with Crippen LogP contribution in [0.15, 0.2) is 29.1 Å². The molecule has 0 fully saturated rings. The van der Waals surface area contributed by atoms with Crippen molar-refractivity contribution in [2.24, 2.45) is 0 Å². The summed E-state index contributed by atoms with van der Waals surface area (Å²) in [7, 11) is 0. The summed E-state index contributed by atoms with van der Waals surface area (Å²) in [5.41, 5.74) is 1.57. The number of nitrogens with zero attached hydrogens (tertiary/aromatic N) is 1. The Bertz CT molecular complexity index is 640. The molecule has 2 aromatic rings. The Kier molecular flexibility index (Phi) is 4.92. The van der Waals surface area contributed by atoms with Crippen molar-refractivity contribution in [2.75, 3.05) is 6.54 Å². The number of hydrogen-bond acceptors (Lipinski definition) is 3. The molecule has 6 heteroatoms. The molecule has 0 aliphatic rings. The van der Waals surface area contributed by atoms with Gasteiger partial charge in [-0.15, -0.1) is 0 Å². The van der Waals surface area contributed by atoms with Gasteiger partial charge in [-0.2, -0.15) is 5.10 Å². The van der Waals surface area contributed by atoms with Gasteiger partial charge in [-0.1, -0.05) is 26.0 Å². The number of H-pyrrole nitrogens is 2. The van der Waals surface area contributed by atoms with Gasteiger partial charge in [-0.25, -0.2) is 9.89 Å². The van der Waals surface area contributed by atoms with Gasteiger partial charge < -0.3 is 5.32 Å². The molecule has 6 nitrogen and oxygen atoms in total. The molecule has 2 rings (SSSR count). The van der Waals surface area contributed by atoms with Crippen molar-refractivity contribution in [3.8, 4) is 0 Å². The smallest absolute Gasteiger partial charge is 0.340 e. The Labute approximate surface area is 123 Å². The lowest BCUT2D eigenvalue weighted by Gasteiger charge is -2.07. The third-order valence-electron chi connectivity index (χ3n) is 3.27. The van der Waals surface area contributed by atoms with Crippen LogP contribution in [0.2, 0.25) is 0 Å². The van der Waals surface area contributed by atoms with Crippen LogP contribution < -0.4 is 11.0 Å². The number of carbonyl (C=O) groups is 1. The molecule has 112 valence electrons. The number of rotatable bonds is 6. The normalized spacial score (nSPS) is 10.8. The van der Waals surface area contributed by atoms with Gasteiger partial charge in [0.05, 0.1) is 0 Å². The molecule has 0 spiro atoms. The fourth-order valence-electron chi connectivity index (χ4n) is 2.00. The number of aromatic amines is 2. The zero-order valence-electron chi connectivity index (χ0n) is 12.3. The van der Waals surface area contributed by atoms with Crippen LogP contribution in [0.1, 0.15) is 47.9 Å². The van der Waals surface area contributed by atoms with E-state index in [0.717, 1.165) is 6.42 Å². The van der Waals surface area contributed by atoms with Crippen LogP contribution in [0, 0.1) is 0 Å². The summed E-state index contributed by atoms with van der Waals surface area (Å²) in [6, 6.07) is 7.65. The van der Waals surface area contributed by atoms with E-state index in [2.05, 4.69) is 34.3 Å². The van der Waals surface area contributed by atoms with Crippen molar-refractivity contribution in [2.45, 2.75) is 32.6 Å². The van der Waals surface area contributed by atoms with Crippen LogP contribution in [0.25, 0.3) is 0 Å². The molecule has 0 bridgehead atoms. The zero-order chi connectivity index (χ0) is 15.2. The molecule has 0 aliphatic heterocycles. The van der Waals surface area contributed by atoms with Gasteiger partial charge >= 0.3 is 5.69 Å². The van der Waals surface area contributed by atoms with Gasteiger partial charge in [0, 0.05) is 18.5 Å². The minimum atomic E-state index is -0.306. The van der Waals surface area contributed by atoms with Crippen molar-refractivity contribution in [3.05, 3.63) is 51.7 Å². The number of benzene rings is 1. The average Bonchev–Trinajstić information content (AvgIpc) is 2.89. The zero-order valence-corrected chi connectivity index (χ0v) is 12.3. The summed E-state index contributed by atoms with van der Waals surface area (Å²) >= 11 is 0. The van der Waals surface area contributed by atoms with E-state index in [1.807, 2.05) is 24.3 Å². The van der Waals surface area contributed by atoms with Crippen molar-refractivity contribution in [1.82, 2.24) is 20.5 Å². The summed E-state index contributed by atoms with van der Waals surface area (Å²) in [6.07, 6.45) is 1.34. The van der Waals surface area contributed by atoms with Gasteiger partial charge in [-0.3, -0.25) is 9.78 Å². The van der Waals surface area contributed by atoms with E-state index >= 15 is 0 Å². The molecule has 1 aromatic heterocycles. The van der Waals surface area contributed by atoms with E-state index in [9.17, 15) is 9.59 Å². The Morgan fingerprint density at radius 3 is 2.57 bits per heavy atom. The predicted molar refractivity (Wildman–Crippen MR) is 80.4 cm³/mol. The number of nitrogens with one attached hydrogen (secondary N) is 3. The molecule has 1 aromatic carbocycles.